The molecule has 144 valence electrons. The van der Waals surface area contributed by atoms with Gasteiger partial charge in [0.05, 0.1) is 11.4 Å². The predicted octanol–water partition coefficient (Wildman–Crippen LogP) is 3.25. The predicted molar refractivity (Wildman–Crippen MR) is 99.5 cm³/mol. The Hall–Kier alpha value is -1.91. The summed E-state index contributed by atoms with van der Waals surface area (Å²) in [5, 5.41) is 10.6. The number of nitrogens with zero attached hydrogens (tertiary/aromatic N) is 2. The van der Waals surface area contributed by atoms with Gasteiger partial charge in [-0.25, -0.2) is 13.5 Å². The number of urea groups is 1. The van der Waals surface area contributed by atoms with E-state index in [9.17, 15) is 23.1 Å². The second-order valence-electron chi connectivity index (χ2n) is 5.84. The van der Waals surface area contributed by atoms with E-state index in [2.05, 4.69) is 0 Å². The number of hydrogen-bond acceptors (Lipinski definition) is 4. The van der Waals surface area contributed by atoms with Gasteiger partial charge < -0.3 is 15.4 Å². The first-order chi connectivity index (χ1) is 12.7. The van der Waals surface area contributed by atoms with Gasteiger partial charge in [0, 0.05) is 40.9 Å². The molecule has 0 spiro atoms. The van der Waals surface area contributed by atoms with E-state index in [1.165, 1.54) is 24.3 Å². The van der Waals surface area contributed by atoms with Gasteiger partial charge in [0.25, 0.3) is 0 Å². The number of primary amides is 1. The topological polar surface area (TPSA) is 110 Å². The lowest BCUT2D eigenvalue weighted by Crippen LogP contribution is -2.45. The van der Waals surface area contributed by atoms with Crippen molar-refractivity contribution in [2.75, 3.05) is 18.0 Å². The maximum Gasteiger partial charge on any atom is 0.324 e. The van der Waals surface area contributed by atoms with Gasteiger partial charge in [0.1, 0.15) is 16.6 Å². The quantitative estimate of drug-likeness (QED) is 0.722. The molecule has 0 saturated carbocycles. The van der Waals surface area contributed by atoms with Crippen LogP contribution in [0.5, 0.6) is 5.75 Å². The van der Waals surface area contributed by atoms with Crippen LogP contribution in [0.25, 0.3) is 0 Å². The van der Waals surface area contributed by atoms with Gasteiger partial charge in [-0.2, -0.15) is 0 Å². The molecule has 0 radical (unpaired) electrons. The van der Waals surface area contributed by atoms with E-state index in [0.29, 0.717) is 0 Å². The van der Waals surface area contributed by atoms with Crippen LogP contribution < -0.4 is 10.6 Å². The lowest BCUT2D eigenvalue weighted by molar-refractivity contribution is 0.251. The molecule has 0 aliphatic carbocycles. The average Bonchev–Trinajstić information content (AvgIpc) is 2.54. The normalized spacial score (nSPS) is 16.0. The van der Waals surface area contributed by atoms with Crippen molar-refractivity contribution in [3.8, 4) is 5.75 Å². The fraction of sp³-hybridized carbons (Fsp3) is 0.188. The third-order valence-electron chi connectivity index (χ3n) is 4.24. The molecular weight excluding hydrogens is 420 g/mol. The highest BCUT2D eigenvalue weighted by Crippen LogP contribution is 2.46. The number of nitrogens with two attached hydrogens (primary N) is 1. The molecule has 2 aromatic rings. The van der Waals surface area contributed by atoms with Crippen molar-refractivity contribution in [2.24, 2.45) is 5.73 Å². The third-order valence-corrected chi connectivity index (χ3v) is 5.67. The fourth-order valence-corrected chi connectivity index (χ4v) is 4.04. The zero-order valence-electron chi connectivity index (χ0n) is 13.6. The summed E-state index contributed by atoms with van der Waals surface area (Å²) in [5.74, 6) is -1.49. The van der Waals surface area contributed by atoms with Crippen molar-refractivity contribution in [1.29, 1.82) is 0 Å². The molecule has 1 fully saturated rings. The Morgan fingerprint density at radius 2 is 1.96 bits per heavy atom. The van der Waals surface area contributed by atoms with E-state index < -0.39 is 23.1 Å². The van der Waals surface area contributed by atoms with E-state index in [1.807, 2.05) is 0 Å². The smallest absolute Gasteiger partial charge is 0.324 e. The van der Waals surface area contributed by atoms with Crippen molar-refractivity contribution in [3.05, 3.63) is 51.8 Å². The van der Waals surface area contributed by atoms with E-state index in [1.54, 1.807) is 0 Å². The molecule has 2 aromatic carbocycles. The molecule has 1 atom stereocenters. The summed E-state index contributed by atoms with van der Waals surface area (Å²) in [6.45, 7) is 0.258. The van der Waals surface area contributed by atoms with Crippen molar-refractivity contribution in [1.82, 2.24) is 4.31 Å². The number of amides is 2. The molecule has 0 aromatic heterocycles. The van der Waals surface area contributed by atoms with E-state index in [0.717, 1.165) is 15.3 Å². The number of halogens is 3. The van der Waals surface area contributed by atoms with Gasteiger partial charge in [-0.3, -0.25) is 9.11 Å². The van der Waals surface area contributed by atoms with Crippen LogP contribution in [0.2, 0.25) is 10.0 Å². The standard InChI is InChI=1S/C16H14Cl2FN3O4S/c17-9-4-5-12(15(23)13(9)8-6-21(7-8)27(25)26)22(16(20)24)11-3-1-2-10(19)14(11)18/h1-5,8,23H,6-7H2,(H2,20,24)(H,25,26)/p-1. The zero-order chi connectivity index (χ0) is 19.9. The Morgan fingerprint density at radius 3 is 2.56 bits per heavy atom. The van der Waals surface area contributed by atoms with Gasteiger partial charge in [-0.1, -0.05) is 29.3 Å². The summed E-state index contributed by atoms with van der Waals surface area (Å²) >= 11 is 9.75. The summed E-state index contributed by atoms with van der Waals surface area (Å²) in [6, 6.07) is 5.61. The van der Waals surface area contributed by atoms with Crippen LogP contribution >= 0.6 is 23.2 Å². The minimum absolute atomic E-state index is 0.0453. The van der Waals surface area contributed by atoms with Gasteiger partial charge in [0.15, 0.2) is 0 Å². The van der Waals surface area contributed by atoms with Crippen molar-refractivity contribution in [3.63, 3.8) is 0 Å². The van der Waals surface area contributed by atoms with Crippen molar-refractivity contribution >= 4 is 51.9 Å². The first kappa shape index (κ1) is 19.8. The number of hydrogen-bond donors (Lipinski definition) is 2. The molecule has 3 N–H and O–H groups in total. The molecule has 1 saturated heterocycles. The number of aromatic hydroxyl groups is 1. The number of rotatable bonds is 4. The van der Waals surface area contributed by atoms with E-state index >= 15 is 0 Å². The number of carbonyl (C=O) groups is 1. The van der Waals surface area contributed by atoms with Crippen LogP contribution in [0.1, 0.15) is 11.5 Å². The minimum Gasteiger partial charge on any atom is -0.760 e. The van der Waals surface area contributed by atoms with Crippen LogP contribution in [0.3, 0.4) is 0 Å². The molecule has 1 unspecified atom stereocenters. The highest BCUT2D eigenvalue weighted by Gasteiger charge is 2.34. The molecule has 2 amide bonds. The van der Waals surface area contributed by atoms with Crippen LogP contribution in [-0.2, 0) is 11.3 Å². The maximum atomic E-state index is 13.8. The van der Waals surface area contributed by atoms with Crippen molar-refractivity contribution < 1.29 is 23.1 Å². The molecule has 1 aliphatic heterocycles. The number of benzene rings is 2. The SMILES string of the molecule is NC(=O)N(c1ccc(Cl)c(C2CN(S(=O)[O-])C2)c1O)c1cccc(F)c1Cl. The average molecular weight is 433 g/mol. The van der Waals surface area contributed by atoms with Crippen LogP contribution in [0.15, 0.2) is 30.3 Å². The zero-order valence-corrected chi connectivity index (χ0v) is 15.9. The van der Waals surface area contributed by atoms with Crippen LogP contribution in [-0.4, -0.2) is 37.3 Å². The van der Waals surface area contributed by atoms with Gasteiger partial charge in [0.2, 0.25) is 0 Å². The maximum absolute atomic E-state index is 13.8. The highest BCUT2D eigenvalue weighted by molar-refractivity contribution is 7.76. The molecule has 3 rings (SSSR count). The number of anilines is 2. The summed E-state index contributed by atoms with van der Waals surface area (Å²) in [5.41, 5.74) is 5.61. The Kier molecular flexibility index (Phi) is 5.59. The molecule has 27 heavy (non-hydrogen) atoms. The summed E-state index contributed by atoms with van der Waals surface area (Å²) in [4.78, 5) is 12.9. The lowest BCUT2D eigenvalue weighted by atomic mass is 9.92. The van der Waals surface area contributed by atoms with Gasteiger partial charge in [-0.15, -0.1) is 0 Å². The Morgan fingerprint density at radius 1 is 1.30 bits per heavy atom. The Balaban J connectivity index is 2.07. The van der Waals surface area contributed by atoms with E-state index in [4.69, 9.17) is 28.9 Å². The van der Waals surface area contributed by atoms with Crippen molar-refractivity contribution in [2.45, 2.75) is 5.92 Å². The Bertz CT molecular complexity index is 940. The molecule has 7 nitrogen and oxygen atoms in total. The van der Waals surface area contributed by atoms with Gasteiger partial charge in [-0.05, 0) is 24.3 Å². The fourth-order valence-electron chi connectivity index (χ4n) is 2.92. The summed E-state index contributed by atoms with van der Waals surface area (Å²) in [7, 11) is 0. The molecular formula is C16H13Cl2FN3O4S-. The monoisotopic (exact) mass is 432 g/mol. The van der Waals surface area contributed by atoms with Crippen LogP contribution in [0.4, 0.5) is 20.6 Å². The molecule has 1 heterocycles. The summed E-state index contributed by atoms with van der Waals surface area (Å²) < 4.78 is 36.9. The first-order valence-electron chi connectivity index (χ1n) is 7.61. The third kappa shape index (κ3) is 3.61. The number of phenolic OH excluding ortho intramolecular Hbond substituents is 1. The highest BCUT2D eigenvalue weighted by atomic mass is 35.5. The Labute approximate surface area is 166 Å². The largest absolute Gasteiger partial charge is 0.760 e. The second-order valence-corrected chi connectivity index (χ2v) is 7.57. The molecule has 11 heteroatoms. The molecule has 1 aliphatic rings. The minimum atomic E-state index is -2.37. The number of phenols is 1. The summed E-state index contributed by atoms with van der Waals surface area (Å²) in [6.07, 6.45) is 0. The van der Waals surface area contributed by atoms with Crippen LogP contribution in [0, 0.1) is 5.82 Å². The first-order valence-corrected chi connectivity index (χ1v) is 9.40. The van der Waals surface area contributed by atoms with Gasteiger partial charge >= 0.3 is 6.03 Å². The second kappa shape index (κ2) is 7.61. The van der Waals surface area contributed by atoms with E-state index in [-0.39, 0.29) is 51.7 Å². The lowest BCUT2D eigenvalue weighted by Gasteiger charge is -2.40. The molecule has 0 bridgehead atoms. The number of carbonyl (C=O) groups excluding carboxylic acids is 1.